The molecule has 1 aliphatic heterocycles. The summed E-state index contributed by atoms with van der Waals surface area (Å²) in [7, 11) is 3.89. The van der Waals surface area contributed by atoms with E-state index in [1.54, 1.807) is 0 Å². The second-order valence-electron chi connectivity index (χ2n) is 6.24. The summed E-state index contributed by atoms with van der Waals surface area (Å²) in [6, 6.07) is 8.25. The monoisotopic (exact) mass is 326 g/mol. The minimum Gasteiger partial charge on any atom is -0.381 e. The van der Waals surface area contributed by atoms with Crippen molar-refractivity contribution in [2.45, 2.75) is 25.3 Å². The predicted molar refractivity (Wildman–Crippen MR) is 91.8 cm³/mol. The van der Waals surface area contributed by atoms with Gasteiger partial charge in [0.05, 0.1) is 17.8 Å². The summed E-state index contributed by atoms with van der Waals surface area (Å²) in [5.41, 5.74) is 2.15. The van der Waals surface area contributed by atoms with Crippen molar-refractivity contribution in [3.05, 3.63) is 35.8 Å². The highest BCUT2D eigenvalue weighted by Crippen LogP contribution is 2.25. The second kappa shape index (κ2) is 6.24. The van der Waals surface area contributed by atoms with Crippen molar-refractivity contribution in [1.29, 1.82) is 0 Å². The topological polar surface area (TPSA) is 69.8 Å². The minimum absolute atomic E-state index is 0.399. The van der Waals surface area contributed by atoms with Gasteiger partial charge in [-0.25, -0.2) is 4.68 Å². The van der Waals surface area contributed by atoms with Gasteiger partial charge in [-0.05, 0) is 18.9 Å². The zero-order chi connectivity index (χ0) is 16.5. The van der Waals surface area contributed by atoms with Crippen LogP contribution in [0.15, 0.2) is 24.3 Å². The number of rotatable bonds is 4. The first-order valence-corrected chi connectivity index (χ1v) is 8.35. The van der Waals surface area contributed by atoms with E-state index in [1.807, 2.05) is 35.6 Å². The van der Waals surface area contributed by atoms with Gasteiger partial charge in [-0.3, -0.25) is 4.68 Å². The van der Waals surface area contributed by atoms with Crippen LogP contribution < -0.4 is 5.32 Å². The Morgan fingerprint density at radius 1 is 1.12 bits per heavy atom. The molecule has 1 saturated heterocycles. The van der Waals surface area contributed by atoms with E-state index in [-0.39, 0.29) is 0 Å². The van der Waals surface area contributed by atoms with Gasteiger partial charge in [-0.15, -0.1) is 0 Å². The lowest BCUT2D eigenvalue weighted by molar-refractivity contribution is 0.0836. The Balaban J connectivity index is 1.52. The molecular weight excluding hydrogens is 304 g/mol. The highest BCUT2D eigenvalue weighted by atomic mass is 16.5. The summed E-state index contributed by atoms with van der Waals surface area (Å²) in [6.07, 6.45) is 1.99. The van der Waals surface area contributed by atoms with Crippen molar-refractivity contribution >= 4 is 16.9 Å². The number of ether oxygens (including phenoxy) is 1. The first-order valence-electron chi connectivity index (χ1n) is 8.35. The number of fused-ring (bicyclic) bond motifs is 1. The average Bonchev–Trinajstić information content (AvgIpc) is 3.15. The molecule has 4 rings (SSSR count). The van der Waals surface area contributed by atoms with Crippen LogP contribution in [-0.4, -0.2) is 37.8 Å². The number of benzene rings is 1. The first kappa shape index (κ1) is 15.1. The quantitative estimate of drug-likeness (QED) is 0.796. The number of hydrogen-bond acceptors (Lipinski definition) is 5. The van der Waals surface area contributed by atoms with E-state index >= 15 is 0 Å². The third-order valence-corrected chi connectivity index (χ3v) is 4.61. The Hall–Kier alpha value is -2.41. The molecule has 0 aliphatic carbocycles. The van der Waals surface area contributed by atoms with Gasteiger partial charge in [-0.1, -0.05) is 18.2 Å². The largest absolute Gasteiger partial charge is 0.381 e. The van der Waals surface area contributed by atoms with E-state index in [9.17, 15) is 0 Å². The van der Waals surface area contributed by atoms with E-state index in [2.05, 4.69) is 32.6 Å². The van der Waals surface area contributed by atoms with Gasteiger partial charge in [0.1, 0.15) is 0 Å². The molecule has 0 radical (unpaired) electrons. The van der Waals surface area contributed by atoms with Crippen LogP contribution in [0, 0.1) is 0 Å². The molecule has 1 aliphatic rings. The molecule has 7 heteroatoms. The molecule has 1 fully saturated rings. The van der Waals surface area contributed by atoms with Crippen molar-refractivity contribution in [1.82, 2.24) is 24.5 Å². The van der Waals surface area contributed by atoms with Crippen molar-refractivity contribution in [3.63, 3.8) is 0 Å². The van der Waals surface area contributed by atoms with Crippen LogP contribution in [0.3, 0.4) is 0 Å². The summed E-state index contributed by atoms with van der Waals surface area (Å²) in [5, 5.41) is 13.7. The molecule has 0 saturated carbocycles. The number of para-hydroxylation sites is 1. The molecular formula is C17H22N6O. The summed E-state index contributed by atoms with van der Waals surface area (Å²) in [4.78, 5) is 4.69. The molecule has 0 amide bonds. The van der Waals surface area contributed by atoms with Crippen LogP contribution in [0.2, 0.25) is 0 Å². The van der Waals surface area contributed by atoms with Crippen LogP contribution in [0.5, 0.6) is 0 Å². The summed E-state index contributed by atoms with van der Waals surface area (Å²) in [6.45, 7) is 2.22. The lowest BCUT2D eigenvalue weighted by atomic mass is 10.00. The van der Waals surface area contributed by atoms with E-state index in [4.69, 9.17) is 4.74 Å². The highest BCUT2D eigenvalue weighted by molar-refractivity contribution is 5.82. The van der Waals surface area contributed by atoms with Gasteiger partial charge < -0.3 is 10.1 Å². The van der Waals surface area contributed by atoms with Gasteiger partial charge in [0.15, 0.2) is 5.82 Å². The Labute approximate surface area is 140 Å². The standard InChI is InChI=1S/C17H22N6O/c1-22-15-6-4-3-5-13(15)14(20-22)11-18-17-19-16(21-23(17)2)12-7-9-24-10-8-12/h3-6,12H,7-11H2,1-2H3,(H,18,19,21). The zero-order valence-electron chi connectivity index (χ0n) is 14.1. The highest BCUT2D eigenvalue weighted by Gasteiger charge is 2.21. The van der Waals surface area contributed by atoms with Crippen LogP contribution in [0.1, 0.15) is 30.3 Å². The normalized spacial score (nSPS) is 15.9. The summed E-state index contributed by atoms with van der Waals surface area (Å²) in [5.74, 6) is 2.09. The Kier molecular flexibility index (Phi) is 3.93. The van der Waals surface area contributed by atoms with Gasteiger partial charge in [0, 0.05) is 38.6 Å². The SMILES string of the molecule is Cn1nc(C2CCOCC2)nc1NCc1nn(C)c2ccccc12. The molecule has 1 N–H and O–H groups in total. The molecule has 7 nitrogen and oxygen atoms in total. The maximum Gasteiger partial charge on any atom is 0.221 e. The molecule has 126 valence electrons. The Morgan fingerprint density at radius 3 is 2.75 bits per heavy atom. The van der Waals surface area contributed by atoms with Gasteiger partial charge in [-0.2, -0.15) is 15.2 Å². The number of hydrogen-bond donors (Lipinski definition) is 1. The molecule has 0 atom stereocenters. The van der Waals surface area contributed by atoms with Crippen molar-refractivity contribution in [2.24, 2.45) is 14.1 Å². The fourth-order valence-corrected chi connectivity index (χ4v) is 3.27. The lowest BCUT2D eigenvalue weighted by Crippen LogP contribution is -2.15. The van der Waals surface area contributed by atoms with Gasteiger partial charge >= 0.3 is 0 Å². The summed E-state index contributed by atoms with van der Waals surface area (Å²) >= 11 is 0. The van der Waals surface area contributed by atoms with Crippen molar-refractivity contribution < 1.29 is 4.74 Å². The molecule has 1 aromatic carbocycles. The number of aromatic nitrogens is 5. The fraction of sp³-hybridized carbons (Fsp3) is 0.471. The van der Waals surface area contributed by atoms with Gasteiger partial charge in [0.2, 0.25) is 5.95 Å². The van der Waals surface area contributed by atoms with Crippen LogP contribution in [0.25, 0.3) is 10.9 Å². The lowest BCUT2D eigenvalue weighted by Gasteiger charge is -2.18. The minimum atomic E-state index is 0.399. The predicted octanol–water partition coefficient (Wildman–Crippen LogP) is 2.21. The van der Waals surface area contributed by atoms with Crippen LogP contribution in [-0.2, 0) is 25.4 Å². The Morgan fingerprint density at radius 2 is 1.92 bits per heavy atom. The molecule has 0 bridgehead atoms. The third kappa shape index (κ3) is 2.75. The Bertz CT molecular complexity index is 846. The van der Waals surface area contributed by atoms with Crippen LogP contribution in [0.4, 0.5) is 5.95 Å². The molecule has 24 heavy (non-hydrogen) atoms. The van der Waals surface area contributed by atoms with Crippen molar-refractivity contribution in [3.8, 4) is 0 Å². The van der Waals surface area contributed by atoms with Crippen LogP contribution >= 0.6 is 0 Å². The molecule has 0 unspecified atom stereocenters. The molecule has 2 aromatic heterocycles. The molecule has 3 heterocycles. The van der Waals surface area contributed by atoms with E-state index in [1.165, 1.54) is 5.39 Å². The van der Waals surface area contributed by atoms with E-state index in [0.717, 1.165) is 49.0 Å². The third-order valence-electron chi connectivity index (χ3n) is 4.61. The van der Waals surface area contributed by atoms with E-state index < -0.39 is 0 Å². The molecule has 3 aromatic rings. The van der Waals surface area contributed by atoms with Crippen molar-refractivity contribution in [2.75, 3.05) is 18.5 Å². The number of anilines is 1. The fourth-order valence-electron chi connectivity index (χ4n) is 3.27. The van der Waals surface area contributed by atoms with Gasteiger partial charge in [0.25, 0.3) is 0 Å². The maximum atomic E-state index is 5.42. The molecule has 0 spiro atoms. The van der Waals surface area contributed by atoms with E-state index in [0.29, 0.717) is 12.5 Å². The average molecular weight is 326 g/mol. The second-order valence-corrected chi connectivity index (χ2v) is 6.24. The zero-order valence-corrected chi connectivity index (χ0v) is 14.1. The first-order chi connectivity index (χ1) is 11.7. The summed E-state index contributed by atoms with van der Waals surface area (Å²) < 4.78 is 9.15. The number of aryl methyl sites for hydroxylation is 2. The maximum absolute atomic E-state index is 5.42. The number of nitrogens with one attached hydrogen (secondary N) is 1. The number of nitrogens with zero attached hydrogens (tertiary/aromatic N) is 5. The smallest absolute Gasteiger partial charge is 0.221 e.